The Morgan fingerprint density at radius 2 is 0.926 bits per heavy atom. The molecule has 0 radical (unpaired) electrons. The highest BCUT2D eigenvalue weighted by atomic mass is 19.4. The molecular formula is C24H41F3. The summed E-state index contributed by atoms with van der Waals surface area (Å²) in [5.74, 6) is 3.39. The van der Waals surface area contributed by atoms with Crippen LogP contribution >= 0.6 is 0 Å². The quantitative estimate of drug-likeness (QED) is 0.429. The average molecular weight is 387 g/mol. The summed E-state index contributed by atoms with van der Waals surface area (Å²) >= 11 is 0. The van der Waals surface area contributed by atoms with Gasteiger partial charge in [0, 0.05) is 0 Å². The molecule has 3 heteroatoms. The van der Waals surface area contributed by atoms with Gasteiger partial charge in [-0.15, -0.1) is 0 Å². The molecule has 0 aromatic carbocycles. The zero-order valence-electron chi connectivity index (χ0n) is 17.4. The summed E-state index contributed by atoms with van der Waals surface area (Å²) in [6.07, 6.45) is 15.2. The molecule has 0 spiro atoms. The maximum atomic E-state index is 12.8. The second kappa shape index (κ2) is 10.0. The zero-order valence-corrected chi connectivity index (χ0v) is 17.4. The number of halogens is 3. The second-order valence-corrected chi connectivity index (χ2v) is 10.2. The monoisotopic (exact) mass is 386 g/mol. The fourth-order valence-electron chi connectivity index (χ4n) is 6.55. The van der Waals surface area contributed by atoms with Gasteiger partial charge in [-0.25, -0.2) is 0 Å². The molecule has 0 heterocycles. The van der Waals surface area contributed by atoms with Gasteiger partial charge in [-0.05, 0) is 81.0 Å². The minimum absolute atomic E-state index is 0.377. The number of hydrogen-bond acceptors (Lipinski definition) is 0. The molecule has 3 aliphatic carbocycles. The number of alkyl halides is 3. The Labute approximate surface area is 165 Å². The normalized spacial score (nSPS) is 38.7. The molecule has 0 saturated heterocycles. The van der Waals surface area contributed by atoms with Crippen LogP contribution in [0.5, 0.6) is 0 Å². The lowest BCUT2D eigenvalue weighted by Gasteiger charge is -2.38. The van der Waals surface area contributed by atoms with Gasteiger partial charge >= 0.3 is 6.18 Å². The molecule has 27 heavy (non-hydrogen) atoms. The standard InChI is InChI=1S/C24H41F3/c1-2-3-18-6-12-21(13-7-18)22-14-8-19(9-15-22)4-5-20-10-16-23(17-11-20)24(25,26)27/h18-23H,2-17H2,1H3/t18?,19?,20-,21?,22?,23-. The third-order valence-electron chi connectivity index (χ3n) is 8.44. The van der Waals surface area contributed by atoms with E-state index >= 15 is 0 Å². The molecule has 0 nitrogen and oxygen atoms in total. The van der Waals surface area contributed by atoms with E-state index in [-0.39, 0.29) is 0 Å². The molecule has 0 amide bonds. The summed E-state index contributed by atoms with van der Waals surface area (Å²) < 4.78 is 38.4. The van der Waals surface area contributed by atoms with Crippen molar-refractivity contribution in [1.29, 1.82) is 0 Å². The van der Waals surface area contributed by atoms with Crippen LogP contribution < -0.4 is 0 Å². The van der Waals surface area contributed by atoms with E-state index < -0.39 is 12.1 Å². The fourth-order valence-corrected chi connectivity index (χ4v) is 6.55. The first-order valence-corrected chi connectivity index (χ1v) is 12.0. The summed E-state index contributed by atoms with van der Waals surface area (Å²) in [7, 11) is 0. The maximum Gasteiger partial charge on any atom is 0.391 e. The molecule has 0 aromatic rings. The molecule has 0 bridgehead atoms. The van der Waals surface area contributed by atoms with Crippen molar-refractivity contribution < 1.29 is 13.2 Å². The van der Waals surface area contributed by atoms with Gasteiger partial charge in [0.15, 0.2) is 0 Å². The van der Waals surface area contributed by atoms with E-state index in [1.54, 1.807) is 0 Å². The molecule has 0 aromatic heterocycles. The molecular weight excluding hydrogens is 345 g/mol. The topological polar surface area (TPSA) is 0 Å². The van der Waals surface area contributed by atoms with Crippen LogP contribution in [0, 0.1) is 35.5 Å². The van der Waals surface area contributed by atoms with Crippen molar-refractivity contribution in [3.8, 4) is 0 Å². The molecule has 3 aliphatic rings. The minimum atomic E-state index is -3.96. The van der Waals surface area contributed by atoms with Gasteiger partial charge in [-0.2, -0.15) is 13.2 Å². The number of rotatable bonds is 6. The van der Waals surface area contributed by atoms with Crippen LogP contribution in [-0.2, 0) is 0 Å². The van der Waals surface area contributed by atoms with Gasteiger partial charge in [-0.3, -0.25) is 0 Å². The molecule has 0 unspecified atom stereocenters. The highest BCUT2D eigenvalue weighted by Crippen LogP contribution is 2.44. The lowest BCUT2D eigenvalue weighted by Crippen LogP contribution is -2.28. The SMILES string of the molecule is CCCC1CCC(C2CCC(CC[C@H]3CC[C@H](C(F)(F)F)CC3)CC2)CC1. The molecule has 0 atom stereocenters. The zero-order chi connectivity index (χ0) is 19.3. The van der Waals surface area contributed by atoms with Crippen LogP contribution in [0.1, 0.15) is 110 Å². The first kappa shape index (κ1) is 21.5. The van der Waals surface area contributed by atoms with E-state index in [1.807, 2.05) is 0 Å². The Morgan fingerprint density at radius 3 is 1.30 bits per heavy atom. The van der Waals surface area contributed by atoms with E-state index in [0.717, 1.165) is 36.5 Å². The van der Waals surface area contributed by atoms with Crippen LogP contribution in [0.25, 0.3) is 0 Å². The van der Waals surface area contributed by atoms with Crippen molar-refractivity contribution >= 4 is 0 Å². The van der Waals surface area contributed by atoms with E-state index in [1.165, 1.54) is 77.0 Å². The highest BCUT2D eigenvalue weighted by Gasteiger charge is 2.41. The lowest BCUT2D eigenvalue weighted by molar-refractivity contribution is -0.184. The van der Waals surface area contributed by atoms with Gasteiger partial charge in [0.1, 0.15) is 0 Å². The van der Waals surface area contributed by atoms with Crippen LogP contribution in [0.2, 0.25) is 0 Å². The van der Waals surface area contributed by atoms with Crippen LogP contribution in [0.15, 0.2) is 0 Å². The predicted molar refractivity (Wildman–Crippen MR) is 107 cm³/mol. The Bertz CT molecular complexity index is 406. The van der Waals surface area contributed by atoms with Gasteiger partial charge in [0.05, 0.1) is 5.92 Å². The van der Waals surface area contributed by atoms with Gasteiger partial charge < -0.3 is 0 Å². The van der Waals surface area contributed by atoms with Crippen LogP contribution in [0.3, 0.4) is 0 Å². The smallest absolute Gasteiger partial charge is 0.171 e. The van der Waals surface area contributed by atoms with Gasteiger partial charge in [0.2, 0.25) is 0 Å². The van der Waals surface area contributed by atoms with Crippen molar-refractivity contribution in [2.45, 2.75) is 116 Å². The van der Waals surface area contributed by atoms with Crippen molar-refractivity contribution in [2.75, 3.05) is 0 Å². The Kier molecular flexibility index (Phi) is 7.97. The highest BCUT2D eigenvalue weighted by molar-refractivity contribution is 4.83. The molecule has 0 N–H and O–H groups in total. The Morgan fingerprint density at radius 1 is 0.556 bits per heavy atom. The largest absolute Gasteiger partial charge is 0.391 e. The first-order chi connectivity index (χ1) is 13.0. The summed E-state index contributed by atoms with van der Waals surface area (Å²) in [4.78, 5) is 0. The van der Waals surface area contributed by atoms with Crippen molar-refractivity contribution in [3.05, 3.63) is 0 Å². The fraction of sp³-hybridized carbons (Fsp3) is 1.00. The summed E-state index contributed by atoms with van der Waals surface area (Å²) in [6, 6.07) is 0. The van der Waals surface area contributed by atoms with Crippen molar-refractivity contribution in [1.82, 2.24) is 0 Å². The number of hydrogen-bond donors (Lipinski definition) is 0. The maximum absolute atomic E-state index is 12.8. The van der Waals surface area contributed by atoms with E-state index in [0.29, 0.717) is 18.8 Å². The van der Waals surface area contributed by atoms with E-state index in [9.17, 15) is 13.2 Å². The van der Waals surface area contributed by atoms with E-state index in [4.69, 9.17) is 0 Å². The van der Waals surface area contributed by atoms with Gasteiger partial charge in [-0.1, -0.05) is 58.3 Å². The van der Waals surface area contributed by atoms with Crippen LogP contribution in [0.4, 0.5) is 13.2 Å². The predicted octanol–water partition coefficient (Wildman–Crippen LogP) is 8.55. The lowest BCUT2D eigenvalue weighted by atomic mass is 9.68. The molecule has 158 valence electrons. The van der Waals surface area contributed by atoms with Crippen molar-refractivity contribution in [3.63, 3.8) is 0 Å². The summed E-state index contributed by atoms with van der Waals surface area (Å²) in [5, 5.41) is 0. The average Bonchev–Trinajstić information content (AvgIpc) is 2.67. The molecule has 3 rings (SSSR count). The second-order valence-electron chi connectivity index (χ2n) is 10.2. The first-order valence-electron chi connectivity index (χ1n) is 12.0. The molecule has 3 saturated carbocycles. The third-order valence-corrected chi connectivity index (χ3v) is 8.44. The minimum Gasteiger partial charge on any atom is -0.171 e. The summed E-state index contributed by atoms with van der Waals surface area (Å²) in [6.45, 7) is 2.31. The molecule has 0 aliphatic heterocycles. The van der Waals surface area contributed by atoms with E-state index in [2.05, 4.69) is 6.92 Å². The Balaban J connectivity index is 1.29. The summed E-state index contributed by atoms with van der Waals surface area (Å²) in [5.41, 5.74) is 0. The van der Waals surface area contributed by atoms with Crippen molar-refractivity contribution in [2.24, 2.45) is 35.5 Å². The Hall–Kier alpha value is -0.210. The third kappa shape index (κ3) is 6.39. The van der Waals surface area contributed by atoms with Gasteiger partial charge in [0.25, 0.3) is 0 Å². The van der Waals surface area contributed by atoms with Crippen LogP contribution in [-0.4, -0.2) is 6.18 Å². The molecule has 3 fully saturated rings.